The van der Waals surface area contributed by atoms with E-state index in [1.54, 1.807) is 35.3 Å². The summed E-state index contributed by atoms with van der Waals surface area (Å²) in [5.41, 5.74) is 2.53. The van der Waals surface area contributed by atoms with Crippen molar-refractivity contribution in [1.29, 1.82) is 0 Å². The standard InChI is InChI=1S/C28H36FN3O3/c1-3-31(32-16-15-22-18-23(29)11-14-26(22)32)28(35)25(17-20-7-5-4-6-8-20)30-27(34)19(2)21-9-12-24(33)13-10-21/h9-14,18-20,25,33H,3-8,15-17H2,1-2H3,(H,30,34). The van der Waals surface area contributed by atoms with Crippen molar-refractivity contribution in [1.82, 2.24) is 10.3 Å². The molecule has 2 aromatic carbocycles. The molecule has 1 aliphatic carbocycles. The number of benzene rings is 2. The predicted octanol–water partition coefficient (Wildman–Crippen LogP) is 4.92. The summed E-state index contributed by atoms with van der Waals surface area (Å²) < 4.78 is 13.7. The van der Waals surface area contributed by atoms with Crippen molar-refractivity contribution >= 4 is 17.5 Å². The fourth-order valence-corrected chi connectivity index (χ4v) is 5.42. The molecule has 0 radical (unpaired) electrons. The third kappa shape index (κ3) is 5.77. The van der Waals surface area contributed by atoms with Gasteiger partial charge in [0.2, 0.25) is 5.91 Å². The number of nitrogens with one attached hydrogen (secondary N) is 1. The van der Waals surface area contributed by atoms with E-state index in [4.69, 9.17) is 0 Å². The minimum atomic E-state index is -0.630. The molecule has 2 N–H and O–H groups in total. The Labute approximate surface area is 207 Å². The van der Waals surface area contributed by atoms with E-state index in [9.17, 15) is 19.1 Å². The van der Waals surface area contributed by atoms with E-state index in [2.05, 4.69) is 5.32 Å². The van der Waals surface area contributed by atoms with Gasteiger partial charge in [0.15, 0.2) is 0 Å². The Hall–Kier alpha value is -3.09. The normalized spacial score (nSPS) is 17.5. The zero-order valence-electron chi connectivity index (χ0n) is 20.7. The van der Waals surface area contributed by atoms with Crippen LogP contribution in [0.4, 0.5) is 10.1 Å². The van der Waals surface area contributed by atoms with Gasteiger partial charge >= 0.3 is 0 Å². The van der Waals surface area contributed by atoms with Gasteiger partial charge in [-0.25, -0.2) is 4.39 Å². The Morgan fingerprint density at radius 2 is 1.86 bits per heavy atom. The SMILES string of the molecule is CCN(C(=O)C(CC1CCCCC1)NC(=O)C(C)c1ccc(O)cc1)N1CCc2cc(F)ccc21. The molecule has 4 rings (SSSR count). The van der Waals surface area contributed by atoms with Crippen LogP contribution in [0, 0.1) is 11.7 Å². The summed E-state index contributed by atoms with van der Waals surface area (Å²) in [6.07, 6.45) is 6.98. The van der Waals surface area contributed by atoms with Gasteiger partial charge in [0, 0.05) is 13.1 Å². The third-order valence-corrected chi connectivity index (χ3v) is 7.45. The molecule has 2 atom stereocenters. The molecule has 35 heavy (non-hydrogen) atoms. The van der Waals surface area contributed by atoms with Crippen LogP contribution in [0.5, 0.6) is 5.75 Å². The number of fused-ring (bicyclic) bond motifs is 1. The van der Waals surface area contributed by atoms with E-state index in [-0.39, 0.29) is 23.4 Å². The van der Waals surface area contributed by atoms with Crippen molar-refractivity contribution < 1.29 is 19.1 Å². The maximum Gasteiger partial charge on any atom is 0.263 e. The molecule has 0 aromatic heterocycles. The predicted molar refractivity (Wildman–Crippen MR) is 134 cm³/mol. The summed E-state index contributed by atoms with van der Waals surface area (Å²) in [5, 5.41) is 16.3. The van der Waals surface area contributed by atoms with Crippen LogP contribution in [-0.4, -0.2) is 41.1 Å². The summed E-state index contributed by atoms with van der Waals surface area (Å²) in [5.74, 6) is -0.503. The fraction of sp³-hybridized carbons (Fsp3) is 0.500. The smallest absolute Gasteiger partial charge is 0.263 e. The minimum absolute atomic E-state index is 0.124. The van der Waals surface area contributed by atoms with E-state index in [0.29, 0.717) is 31.8 Å². The van der Waals surface area contributed by atoms with Crippen LogP contribution in [-0.2, 0) is 16.0 Å². The highest BCUT2D eigenvalue weighted by Crippen LogP contribution is 2.32. The van der Waals surface area contributed by atoms with Crippen molar-refractivity contribution in [3.05, 3.63) is 59.4 Å². The van der Waals surface area contributed by atoms with E-state index in [1.807, 2.05) is 18.9 Å². The van der Waals surface area contributed by atoms with Gasteiger partial charge in [-0.05, 0) is 74.1 Å². The Morgan fingerprint density at radius 3 is 2.54 bits per heavy atom. The number of likely N-dealkylation sites (N-methyl/N-ethyl adjacent to an activating group) is 1. The molecule has 0 bridgehead atoms. The number of hydrogen-bond acceptors (Lipinski definition) is 4. The highest BCUT2D eigenvalue weighted by Gasteiger charge is 2.34. The molecule has 2 aromatic rings. The zero-order chi connectivity index (χ0) is 24.9. The molecule has 1 heterocycles. The number of anilines is 1. The lowest BCUT2D eigenvalue weighted by Gasteiger charge is -2.37. The van der Waals surface area contributed by atoms with Crippen molar-refractivity contribution in [3.8, 4) is 5.75 Å². The summed E-state index contributed by atoms with van der Waals surface area (Å²) in [6.45, 7) is 4.80. The molecule has 1 saturated carbocycles. The van der Waals surface area contributed by atoms with E-state index < -0.39 is 12.0 Å². The summed E-state index contributed by atoms with van der Waals surface area (Å²) in [6, 6.07) is 10.7. The molecule has 2 aliphatic rings. The lowest BCUT2D eigenvalue weighted by Crippen LogP contribution is -2.55. The summed E-state index contributed by atoms with van der Waals surface area (Å²) in [4.78, 5) is 27.2. The van der Waals surface area contributed by atoms with Crippen LogP contribution in [0.25, 0.3) is 0 Å². The van der Waals surface area contributed by atoms with E-state index in [0.717, 1.165) is 42.5 Å². The first-order chi connectivity index (χ1) is 16.9. The summed E-state index contributed by atoms with van der Waals surface area (Å²) in [7, 11) is 0. The Morgan fingerprint density at radius 1 is 1.14 bits per heavy atom. The second kappa shape index (κ2) is 11.1. The second-order valence-electron chi connectivity index (χ2n) is 9.81. The van der Waals surface area contributed by atoms with E-state index >= 15 is 0 Å². The number of phenols is 1. The first-order valence-electron chi connectivity index (χ1n) is 12.8. The van der Waals surface area contributed by atoms with Gasteiger partial charge in [0.25, 0.3) is 5.91 Å². The highest BCUT2D eigenvalue weighted by atomic mass is 19.1. The van der Waals surface area contributed by atoms with Crippen LogP contribution in [0.15, 0.2) is 42.5 Å². The zero-order valence-corrected chi connectivity index (χ0v) is 20.7. The number of phenolic OH excluding ortho intramolecular Hbond substituents is 1. The largest absolute Gasteiger partial charge is 0.508 e. The lowest BCUT2D eigenvalue weighted by atomic mass is 9.84. The molecule has 0 saturated heterocycles. The third-order valence-electron chi connectivity index (χ3n) is 7.45. The second-order valence-corrected chi connectivity index (χ2v) is 9.81. The first-order valence-corrected chi connectivity index (χ1v) is 12.8. The molecule has 0 spiro atoms. The van der Waals surface area contributed by atoms with E-state index in [1.165, 1.54) is 18.6 Å². The van der Waals surface area contributed by atoms with Gasteiger partial charge in [0.05, 0.1) is 11.6 Å². The quantitative estimate of drug-likeness (QED) is 0.562. The highest BCUT2D eigenvalue weighted by molar-refractivity contribution is 5.91. The van der Waals surface area contributed by atoms with Gasteiger partial charge < -0.3 is 10.4 Å². The van der Waals surface area contributed by atoms with Crippen LogP contribution < -0.4 is 10.3 Å². The summed E-state index contributed by atoms with van der Waals surface area (Å²) >= 11 is 0. The molecule has 1 aliphatic heterocycles. The fourth-order valence-electron chi connectivity index (χ4n) is 5.42. The van der Waals surface area contributed by atoms with Crippen LogP contribution in [0.1, 0.15) is 69.4 Å². The first kappa shape index (κ1) is 25.0. The van der Waals surface area contributed by atoms with Gasteiger partial charge in [-0.2, -0.15) is 0 Å². The number of aromatic hydroxyl groups is 1. The van der Waals surface area contributed by atoms with Gasteiger partial charge in [0.1, 0.15) is 17.6 Å². The van der Waals surface area contributed by atoms with Crippen LogP contribution in [0.2, 0.25) is 0 Å². The average molecular weight is 482 g/mol. The van der Waals surface area contributed by atoms with Gasteiger partial charge in [-0.15, -0.1) is 0 Å². The van der Waals surface area contributed by atoms with Crippen LogP contribution >= 0.6 is 0 Å². The number of carbonyl (C=O) groups is 2. The molecule has 7 heteroatoms. The van der Waals surface area contributed by atoms with Crippen LogP contribution in [0.3, 0.4) is 0 Å². The van der Waals surface area contributed by atoms with Crippen molar-refractivity contribution in [2.45, 2.75) is 70.8 Å². The van der Waals surface area contributed by atoms with Gasteiger partial charge in [-0.3, -0.25) is 19.6 Å². The molecular formula is C28H36FN3O3. The number of hydrogen-bond donors (Lipinski definition) is 2. The molecule has 1 fully saturated rings. The number of rotatable bonds is 8. The van der Waals surface area contributed by atoms with Crippen molar-refractivity contribution in [2.24, 2.45) is 5.92 Å². The maximum atomic E-state index is 13.9. The average Bonchev–Trinajstić information content (AvgIpc) is 3.27. The number of carbonyl (C=O) groups excluding carboxylic acids is 2. The number of hydrazine groups is 1. The molecular weight excluding hydrogens is 445 g/mol. The van der Waals surface area contributed by atoms with Crippen molar-refractivity contribution in [2.75, 3.05) is 18.1 Å². The lowest BCUT2D eigenvalue weighted by molar-refractivity contribution is -0.137. The molecule has 2 amide bonds. The minimum Gasteiger partial charge on any atom is -0.508 e. The van der Waals surface area contributed by atoms with Gasteiger partial charge in [-0.1, -0.05) is 44.2 Å². The maximum absolute atomic E-state index is 13.9. The molecule has 6 nitrogen and oxygen atoms in total. The number of nitrogens with zero attached hydrogens (tertiary/aromatic N) is 2. The van der Waals surface area contributed by atoms with Crippen molar-refractivity contribution in [3.63, 3.8) is 0 Å². The Kier molecular flexibility index (Phi) is 7.93. The Balaban J connectivity index is 1.54. The Bertz CT molecular complexity index is 1040. The monoisotopic (exact) mass is 481 g/mol. The molecule has 188 valence electrons. The topological polar surface area (TPSA) is 72.9 Å². The number of amides is 2. The number of halogens is 1. The molecule has 2 unspecified atom stereocenters.